The van der Waals surface area contributed by atoms with Gasteiger partial charge in [-0.05, 0) is 56.0 Å². The van der Waals surface area contributed by atoms with Gasteiger partial charge >= 0.3 is 0 Å². The summed E-state index contributed by atoms with van der Waals surface area (Å²) in [6, 6.07) is 17.6. The Bertz CT molecular complexity index is 750. The summed E-state index contributed by atoms with van der Waals surface area (Å²) in [5, 5.41) is 12.6. The second kappa shape index (κ2) is 9.93. The molecule has 142 valence electrons. The van der Waals surface area contributed by atoms with Crippen molar-refractivity contribution in [3.63, 3.8) is 0 Å². The number of piperidine rings is 1. The van der Waals surface area contributed by atoms with Crippen LogP contribution in [0.1, 0.15) is 30.4 Å². The van der Waals surface area contributed by atoms with E-state index in [1.807, 2.05) is 6.07 Å². The Kier molecular flexibility index (Phi) is 7.05. The van der Waals surface area contributed by atoms with Crippen LogP contribution < -0.4 is 5.32 Å². The minimum atomic E-state index is -0.111. The summed E-state index contributed by atoms with van der Waals surface area (Å²) in [6.45, 7) is 3.98. The number of phenolic OH excluding ortho intramolecular Hbond substituents is 1. The number of carbonyl (C=O) groups excluding carboxylic acids is 1. The van der Waals surface area contributed by atoms with Crippen LogP contribution in [0.2, 0.25) is 0 Å². The Morgan fingerprint density at radius 2 is 1.78 bits per heavy atom. The predicted molar refractivity (Wildman–Crippen MR) is 109 cm³/mol. The van der Waals surface area contributed by atoms with E-state index in [1.165, 1.54) is 24.5 Å². The third-order valence-corrected chi connectivity index (χ3v) is 5.16. The number of hydrogen-bond donors (Lipinski definition) is 2. The lowest BCUT2D eigenvalue weighted by molar-refractivity contribution is -0.116. The molecule has 1 aliphatic heterocycles. The van der Waals surface area contributed by atoms with Gasteiger partial charge < -0.3 is 10.4 Å². The van der Waals surface area contributed by atoms with Crippen LogP contribution in [0.4, 0.5) is 0 Å². The van der Waals surface area contributed by atoms with Crippen LogP contribution in [0.15, 0.2) is 60.7 Å². The Hall–Kier alpha value is -2.59. The van der Waals surface area contributed by atoms with Gasteiger partial charge in [0.2, 0.25) is 5.91 Å². The number of phenols is 1. The van der Waals surface area contributed by atoms with Crippen molar-refractivity contribution in [3.8, 4) is 5.75 Å². The van der Waals surface area contributed by atoms with Crippen LogP contribution >= 0.6 is 0 Å². The van der Waals surface area contributed by atoms with Gasteiger partial charge in [-0.25, -0.2) is 0 Å². The van der Waals surface area contributed by atoms with Crippen LogP contribution in [-0.4, -0.2) is 35.5 Å². The number of aromatic hydroxyl groups is 1. The first-order chi connectivity index (χ1) is 13.2. The van der Waals surface area contributed by atoms with Crippen molar-refractivity contribution in [2.24, 2.45) is 5.92 Å². The molecule has 1 heterocycles. The maximum absolute atomic E-state index is 11.9. The van der Waals surface area contributed by atoms with Crippen LogP contribution in [0.25, 0.3) is 6.08 Å². The Morgan fingerprint density at radius 3 is 2.52 bits per heavy atom. The molecule has 2 aromatic carbocycles. The largest absolute Gasteiger partial charge is 0.507 e. The summed E-state index contributed by atoms with van der Waals surface area (Å²) in [5.41, 5.74) is 2.03. The lowest BCUT2D eigenvalue weighted by atomic mass is 9.93. The molecule has 2 aromatic rings. The quantitative estimate of drug-likeness (QED) is 0.734. The molecule has 0 saturated carbocycles. The number of nitrogens with zero attached hydrogens (tertiary/aromatic N) is 1. The van der Waals surface area contributed by atoms with Crippen LogP contribution in [-0.2, 0) is 11.3 Å². The Morgan fingerprint density at radius 1 is 1.07 bits per heavy atom. The predicted octanol–water partition coefficient (Wildman–Crippen LogP) is 3.82. The van der Waals surface area contributed by atoms with Crippen molar-refractivity contribution in [2.45, 2.75) is 25.8 Å². The smallest absolute Gasteiger partial charge is 0.244 e. The van der Waals surface area contributed by atoms with Gasteiger partial charge in [0.25, 0.3) is 0 Å². The van der Waals surface area contributed by atoms with E-state index in [-0.39, 0.29) is 11.7 Å². The highest BCUT2D eigenvalue weighted by Gasteiger charge is 2.19. The second-order valence-corrected chi connectivity index (χ2v) is 7.18. The van der Waals surface area contributed by atoms with E-state index in [0.29, 0.717) is 18.0 Å². The Labute approximate surface area is 161 Å². The topological polar surface area (TPSA) is 52.6 Å². The molecule has 0 bridgehead atoms. The number of rotatable bonds is 7. The molecule has 0 aliphatic carbocycles. The van der Waals surface area contributed by atoms with Gasteiger partial charge in [-0.15, -0.1) is 0 Å². The molecule has 1 saturated heterocycles. The van der Waals surface area contributed by atoms with Crippen molar-refractivity contribution >= 4 is 12.0 Å². The summed E-state index contributed by atoms with van der Waals surface area (Å²) < 4.78 is 0. The lowest BCUT2D eigenvalue weighted by Crippen LogP contribution is -2.34. The van der Waals surface area contributed by atoms with Gasteiger partial charge in [0.1, 0.15) is 5.75 Å². The Balaban J connectivity index is 1.33. The molecule has 0 atom stereocenters. The minimum absolute atomic E-state index is 0.111. The molecule has 0 spiro atoms. The van der Waals surface area contributed by atoms with Crippen molar-refractivity contribution in [3.05, 3.63) is 71.8 Å². The zero-order valence-electron chi connectivity index (χ0n) is 15.7. The number of nitrogens with one attached hydrogen (secondary N) is 1. The fraction of sp³-hybridized carbons (Fsp3) is 0.348. The zero-order valence-corrected chi connectivity index (χ0v) is 15.7. The number of amides is 1. The number of para-hydroxylation sites is 1. The SMILES string of the molecule is O=C(/C=C/c1ccccc1O)NCCC1CCN(Cc2ccccc2)CC1. The van der Waals surface area contributed by atoms with E-state index in [4.69, 9.17) is 0 Å². The van der Waals surface area contributed by atoms with Gasteiger partial charge in [-0.1, -0.05) is 48.5 Å². The molecule has 0 aromatic heterocycles. The van der Waals surface area contributed by atoms with Gasteiger partial charge in [0.05, 0.1) is 0 Å². The molecule has 1 fully saturated rings. The highest BCUT2D eigenvalue weighted by atomic mass is 16.3. The fourth-order valence-electron chi connectivity index (χ4n) is 3.53. The summed E-state index contributed by atoms with van der Waals surface area (Å²) in [5.74, 6) is 0.753. The molecule has 27 heavy (non-hydrogen) atoms. The van der Waals surface area contributed by atoms with Crippen LogP contribution in [0.5, 0.6) is 5.75 Å². The van der Waals surface area contributed by atoms with E-state index in [9.17, 15) is 9.90 Å². The zero-order chi connectivity index (χ0) is 18.9. The molecule has 0 unspecified atom stereocenters. The fourth-order valence-corrected chi connectivity index (χ4v) is 3.53. The average Bonchev–Trinajstić information content (AvgIpc) is 2.69. The lowest BCUT2D eigenvalue weighted by Gasteiger charge is -2.32. The second-order valence-electron chi connectivity index (χ2n) is 7.18. The van der Waals surface area contributed by atoms with Crippen molar-refractivity contribution < 1.29 is 9.90 Å². The van der Waals surface area contributed by atoms with Gasteiger partial charge in [-0.3, -0.25) is 9.69 Å². The van der Waals surface area contributed by atoms with E-state index in [1.54, 1.807) is 24.3 Å². The molecule has 3 rings (SSSR count). The molecule has 0 radical (unpaired) electrons. The minimum Gasteiger partial charge on any atom is -0.507 e. The molecule has 4 heteroatoms. The van der Waals surface area contributed by atoms with Crippen molar-refractivity contribution in [1.82, 2.24) is 10.2 Å². The first-order valence-corrected chi connectivity index (χ1v) is 9.71. The number of hydrogen-bond acceptors (Lipinski definition) is 3. The van der Waals surface area contributed by atoms with Gasteiger partial charge in [0.15, 0.2) is 0 Å². The summed E-state index contributed by atoms with van der Waals surface area (Å²) in [4.78, 5) is 14.5. The first kappa shape index (κ1) is 19.2. The van der Waals surface area contributed by atoms with Gasteiger partial charge in [-0.2, -0.15) is 0 Å². The highest BCUT2D eigenvalue weighted by Crippen LogP contribution is 2.21. The number of benzene rings is 2. The van der Waals surface area contributed by atoms with Crippen molar-refractivity contribution in [1.29, 1.82) is 0 Å². The molecule has 1 aliphatic rings. The normalized spacial score (nSPS) is 15.9. The first-order valence-electron chi connectivity index (χ1n) is 9.71. The van der Waals surface area contributed by atoms with Gasteiger partial charge in [0, 0.05) is 24.7 Å². The molecule has 2 N–H and O–H groups in total. The average molecular weight is 364 g/mol. The summed E-state index contributed by atoms with van der Waals surface area (Å²) >= 11 is 0. The molecular weight excluding hydrogens is 336 g/mol. The van der Waals surface area contributed by atoms with E-state index >= 15 is 0 Å². The maximum Gasteiger partial charge on any atom is 0.244 e. The van der Waals surface area contributed by atoms with Crippen LogP contribution in [0, 0.1) is 5.92 Å². The molecule has 1 amide bonds. The third-order valence-electron chi connectivity index (χ3n) is 5.16. The number of likely N-dealkylation sites (tertiary alicyclic amines) is 1. The molecular formula is C23H28N2O2. The van der Waals surface area contributed by atoms with Crippen LogP contribution in [0.3, 0.4) is 0 Å². The summed E-state index contributed by atoms with van der Waals surface area (Å²) in [7, 11) is 0. The summed E-state index contributed by atoms with van der Waals surface area (Å²) in [6.07, 6.45) is 6.53. The third kappa shape index (κ3) is 6.26. The number of carbonyl (C=O) groups is 1. The molecule has 4 nitrogen and oxygen atoms in total. The monoisotopic (exact) mass is 364 g/mol. The highest BCUT2D eigenvalue weighted by molar-refractivity contribution is 5.92. The van der Waals surface area contributed by atoms with E-state index < -0.39 is 0 Å². The maximum atomic E-state index is 11.9. The van der Waals surface area contributed by atoms with E-state index in [2.05, 4.69) is 40.5 Å². The standard InChI is InChI=1S/C23H28N2O2/c26-22-9-5-4-8-21(22)10-11-23(27)24-15-12-19-13-16-25(17-14-19)18-20-6-2-1-3-7-20/h1-11,19,26H,12-18H2,(H,24,27)/b11-10+. The van der Waals surface area contributed by atoms with Crippen molar-refractivity contribution in [2.75, 3.05) is 19.6 Å². The van der Waals surface area contributed by atoms with E-state index in [0.717, 1.165) is 26.1 Å².